The van der Waals surface area contributed by atoms with Gasteiger partial charge >= 0.3 is 0 Å². The Morgan fingerprint density at radius 3 is 2.36 bits per heavy atom. The number of aryl methyl sites for hydroxylation is 1. The van der Waals surface area contributed by atoms with Crippen LogP contribution in [0.3, 0.4) is 0 Å². The highest BCUT2D eigenvalue weighted by Gasteiger charge is 2.26. The molecule has 1 aliphatic heterocycles. The molecule has 0 spiro atoms. The van der Waals surface area contributed by atoms with Gasteiger partial charge in [0.15, 0.2) is 0 Å². The number of aromatic nitrogens is 1. The van der Waals surface area contributed by atoms with Crippen LogP contribution in [0.15, 0.2) is 35.2 Å². The summed E-state index contributed by atoms with van der Waals surface area (Å²) >= 11 is 1.52. The molecule has 0 radical (unpaired) electrons. The Morgan fingerprint density at radius 2 is 1.77 bits per heavy atom. The van der Waals surface area contributed by atoms with Crippen LogP contribution in [0.2, 0.25) is 0 Å². The zero-order chi connectivity index (χ0) is 15.5. The third-order valence-corrected chi connectivity index (χ3v) is 4.54. The van der Waals surface area contributed by atoms with Gasteiger partial charge in [-0.15, -0.1) is 0 Å². The molecule has 3 rings (SSSR count). The minimum Gasteiger partial charge on any atom is -0.335 e. The fourth-order valence-corrected chi connectivity index (χ4v) is 3.19. The Labute approximate surface area is 133 Å². The van der Waals surface area contributed by atoms with E-state index in [0.29, 0.717) is 31.7 Å². The first-order chi connectivity index (χ1) is 10.7. The molecule has 0 bridgehead atoms. The molecule has 22 heavy (non-hydrogen) atoms. The number of hydrogen-bond donors (Lipinski definition) is 0. The van der Waals surface area contributed by atoms with E-state index in [2.05, 4.69) is 4.98 Å². The highest BCUT2D eigenvalue weighted by molar-refractivity contribution is 7.08. The maximum absolute atomic E-state index is 12.5. The topological polar surface area (TPSA) is 53.5 Å². The summed E-state index contributed by atoms with van der Waals surface area (Å²) in [6, 6.07) is 5.41. The number of rotatable bonds is 2. The van der Waals surface area contributed by atoms with Gasteiger partial charge in [-0.3, -0.25) is 14.6 Å². The summed E-state index contributed by atoms with van der Waals surface area (Å²) in [7, 11) is 0. The van der Waals surface area contributed by atoms with Gasteiger partial charge in [0.05, 0.1) is 11.1 Å². The van der Waals surface area contributed by atoms with Gasteiger partial charge in [-0.2, -0.15) is 11.3 Å². The van der Waals surface area contributed by atoms with Gasteiger partial charge in [-0.05, 0) is 30.5 Å². The number of carbonyl (C=O) groups is 2. The van der Waals surface area contributed by atoms with Gasteiger partial charge in [0.2, 0.25) is 0 Å². The molecule has 1 fully saturated rings. The van der Waals surface area contributed by atoms with Crippen LogP contribution in [-0.4, -0.2) is 52.8 Å². The highest BCUT2D eigenvalue weighted by atomic mass is 32.1. The lowest BCUT2D eigenvalue weighted by molar-refractivity contribution is 0.0535. The molecule has 0 aliphatic carbocycles. The van der Waals surface area contributed by atoms with Crippen LogP contribution in [0, 0.1) is 6.92 Å². The van der Waals surface area contributed by atoms with Crippen LogP contribution < -0.4 is 0 Å². The molecule has 0 N–H and O–H groups in total. The first-order valence-electron chi connectivity index (χ1n) is 7.19. The van der Waals surface area contributed by atoms with E-state index in [-0.39, 0.29) is 11.8 Å². The van der Waals surface area contributed by atoms with Crippen molar-refractivity contribution in [3.05, 3.63) is 52.0 Å². The molecule has 3 heterocycles. The largest absolute Gasteiger partial charge is 0.335 e. The van der Waals surface area contributed by atoms with E-state index in [1.165, 1.54) is 11.3 Å². The lowest BCUT2D eigenvalue weighted by Gasteiger charge is -2.34. The van der Waals surface area contributed by atoms with Gasteiger partial charge in [-0.1, -0.05) is 0 Å². The van der Waals surface area contributed by atoms with Crippen molar-refractivity contribution in [2.75, 3.05) is 26.2 Å². The summed E-state index contributed by atoms with van der Waals surface area (Å²) in [5.41, 5.74) is 2.11. The maximum atomic E-state index is 12.5. The number of hydrogen-bond acceptors (Lipinski definition) is 4. The summed E-state index contributed by atoms with van der Waals surface area (Å²) in [5.74, 6) is 0.0409. The molecule has 1 saturated heterocycles. The van der Waals surface area contributed by atoms with Crippen molar-refractivity contribution < 1.29 is 9.59 Å². The second-order valence-corrected chi connectivity index (χ2v) is 6.01. The third kappa shape index (κ3) is 2.87. The number of nitrogens with zero attached hydrogens (tertiary/aromatic N) is 3. The van der Waals surface area contributed by atoms with E-state index in [1.807, 2.05) is 28.7 Å². The number of pyridine rings is 1. The molecule has 6 heteroatoms. The fraction of sp³-hybridized carbons (Fsp3) is 0.312. The lowest BCUT2D eigenvalue weighted by Crippen LogP contribution is -2.50. The van der Waals surface area contributed by atoms with Gasteiger partial charge in [0.1, 0.15) is 0 Å². The zero-order valence-electron chi connectivity index (χ0n) is 12.4. The Bertz CT molecular complexity index is 676. The normalized spacial score (nSPS) is 15.0. The molecular weight excluding hydrogens is 298 g/mol. The average molecular weight is 315 g/mol. The zero-order valence-corrected chi connectivity index (χ0v) is 13.2. The average Bonchev–Trinajstić information content (AvgIpc) is 3.09. The molecule has 2 aromatic heterocycles. The summed E-state index contributed by atoms with van der Waals surface area (Å²) in [6.45, 7) is 4.09. The Morgan fingerprint density at radius 1 is 1.09 bits per heavy atom. The number of thiophene rings is 1. The summed E-state index contributed by atoms with van der Waals surface area (Å²) in [4.78, 5) is 32.6. The Balaban J connectivity index is 1.63. The standard InChI is InChI=1S/C16H17N3O2S/c1-12-14(3-2-5-17-12)16(21)19-8-6-18(7-9-19)15(20)13-4-10-22-11-13/h2-5,10-11H,6-9H2,1H3. The predicted molar refractivity (Wildman–Crippen MR) is 85.1 cm³/mol. The molecule has 0 unspecified atom stereocenters. The van der Waals surface area contributed by atoms with E-state index < -0.39 is 0 Å². The van der Waals surface area contributed by atoms with E-state index in [0.717, 1.165) is 11.3 Å². The van der Waals surface area contributed by atoms with E-state index >= 15 is 0 Å². The van der Waals surface area contributed by atoms with Crippen LogP contribution >= 0.6 is 11.3 Å². The second-order valence-electron chi connectivity index (χ2n) is 5.23. The number of carbonyl (C=O) groups excluding carboxylic acids is 2. The van der Waals surface area contributed by atoms with E-state index in [1.54, 1.807) is 23.2 Å². The van der Waals surface area contributed by atoms with Gasteiger partial charge in [0, 0.05) is 43.4 Å². The number of piperazine rings is 1. The van der Waals surface area contributed by atoms with Crippen molar-refractivity contribution >= 4 is 23.2 Å². The minimum atomic E-state index is -0.00627. The Hall–Kier alpha value is -2.21. The molecule has 0 saturated carbocycles. The minimum absolute atomic E-state index is 0.00627. The van der Waals surface area contributed by atoms with Crippen molar-refractivity contribution in [2.45, 2.75) is 6.92 Å². The first-order valence-corrected chi connectivity index (χ1v) is 8.13. The van der Waals surface area contributed by atoms with Gasteiger partial charge in [-0.25, -0.2) is 0 Å². The maximum Gasteiger partial charge on any atom is 0.255 e. The van der Waals surface area contributed by atoms with Crippen LogP contribution in [0.4, 0.5) is 0 Å². The van der Waals surface area contributed by atoms with E-state index in [9.17, 15) is 9.59 Å². The molecule has 0 atom stereocenters. The molecule has 2 amide bonds. The molecule has 2 aromatic rings. The molecule has 1 aliphatic rings. The van der Waals surface area contributed by atoms with E-state index in [4.69, 9.17) is 0 Å². The van der Waals surface area contributed by atoms with Crippen molar-refractivity contribution in [2.24, 2.45) is 0 Å². The summed E-state index contributed by atoms with van der Waals surface area (Å²) < 4.78 is 0. The second kappa shape index (κ2) is 6.27. The van der Waals surface area contributed by atoms with Crippen molar-refractivity contribution in [1.82, 2.24) is 14.8 Å². The smallest absolute Gasteiger partial charge is 0.255 e. The highest BCUT2D eigenvalue weighted by Crippen LogP contribution is 2.14. The fourth-order valence-electron chi connectivity index (χ4n) is 2.56. The van der Waals surface area contributed by atoms with Crippen molar-refractivity contribution in [3.8, 4) is 0 Å². The van der Waals surface area contributed by atoms with Crippen LogP contribution in [0.1, 0.15) is 26.4 Å². The van der Waals surface area contributed by atoms with Crippen molar-refractivity contribution in [1.29, 1.82) is 0 Å². The van der Waals surface area contributed by atoms with Crippen LogP contribution in [0.25, 0.3) is 0 Å². The van der Waals surface area contributed by atoms with Crippen LogP contribution in [-0.2, 0) is 0 Å². The molecular formula is C16H17N3O2S. The molecule has 0 aromatic carbocycles. The monoisotopic (exact) mass is 315 g/mol. The molecule has 5 nitrogen and oxygen atoms in total. The van der Waals surface area contributed by atoms with Gasteiger partial charge < -0.3 is 9.80 Å². The quantitative estimate of drug-likeness (QED) is 0.852. The predicted octanol–water partition coefficient (Wildman–Crippen LogP) is 2.05. The van der Waals surface area contributed by atoms with Gasteiger partial charge in [0.25, 0.3) is 11.8 Å². The molecule has 114 valence electrons. The third-order valence-electron chi connectivity index (χ3n) is 3.86. The number of amides is 2. The van der Waals surface area contributed by atoms with Crippen molar-refractivity contribution in [3.63, 3.8) is 0 Å². The Kier molecular flexibility index (Phi) is 4.20. The lowest BCUT2D eigenvalue weighted by atomic mass is 10.1. The summed E-state index contributed by atoms with van der Waals surface area (Å²) in [6.07, 6.45) is 1.68. The summed E-state index contributed by atoms with van der Waals surface area (Å²) in [5, 5.41) is 3.76. The first kappa shape index (κ1) is 14.7. The SMILES string of the molecule is Cc1ncccc1C(=O)N1CCN(C(=O)c2ccsc2)CC1. The van der Waals surface area contributed by atoms with Crippen LogP contribution in [0.5, 0.6) is 0 Å².